The van der Waals surface area contributed by atoms with Gasteiger partial charge in [-0.25, -0.2) is 0 Å². The lowest BCUT2D eigenvalue weighted by Gasteiger charge is -2.19. The van der Waals surface area contributed by atoms with E-state index in [1.807, 2.05) is 0 Å². The molecule has 0 spiro atoms. The average Bonchev–Trinajstić information content (AvgIpc) is 2.52. The zero-order chi connectivity index (χ0) is 10.7. The van der Waals surface area contributed by atoms with Gasteiger partial charge in [0.2, 0.25) is 0 Å². The van der Waals surface area contributed by atoms with Gasteiger partial charge in [-0.15, -0.1) is 11.8 Å². The van der Waals surface area contributed by atoms with Crippen molar-refractivity contribution in [1.29, 1.82) is 0 Å². The van der Waals surface area contributed by atoms with Crippen molar-refractivity contribution in [2.45, 2.75) is 36.9 Å². The number of hydrogen-bond donors (Lipinski definition) is 3. The molecule has 5 heteroatoms. The number of nitrogens with one attached hydrogen (secondary N) is 1. The lowest BCUT2D eigenvalue weighted by Crippen LogP contribution is -2.34. The smallest absolute Gasteiger partial charge is 0.317 e. The second-order valence-corrected chi connectivity index (χ2v) is 5.41. The van der Waals surface area contributed by atoms with E-state index in [1.165, 1.54) is 11.8 Å². The van der Waals surface area contributed by atoms with E-state index in [1.54, 1.807) is 0 Å². The van der Waals surface area contributed by atoms with Crippen LogP contribution in [0, 0.1) is 5.92 Å². The number of carboxylic acid groups (broad SMARTS) is 1. The number of aliphatic carboxylic acids is 1. The van der Waals surface area contributed by atoms with Gasteiger partial charge in [0.1, 0.15) is 5.25 Å². The minimum Gasteiger partial charge on any atom is -0.480 e. The van der Waals surface area contributed by atoms with Crippen molar-refractivity contribution in [1.82, 2.24) is 5.32 Å². The maximum absolute atomic E-state index is 10.7. The maximum atomic E-state index is 10.7. The molecule has 1 saturated heterocycles. The summed E-state index contributed by atoms with van der Waals surface area (Å²) in [5.74, 6) is -0.288. The van der Waals surface area contributed by atoms with Crippen LogP contribution in [0.4, 0.5) is 0 Å². The van der Waals surface area contributed by atoms with Gasteiger partial charge in [-0.2, -0.15) is 0 Å². The summed E-state index contributed by atoms with van der Waals surface area (Å²) in [5, 5.41) is 11.9. The van der Waals surface area contributed by atoms with Gasteiger partial charge in [0, 0.05) is 12.6 Å². The van der Waals surface area contributed by atoms with Gasteiger partial charge >= 0.3 is 5.97 Å². The summed E-state index contributed by atoms with van der Waals surface area (Å²) in [7, 11) is 0. The zero-order valence-corrected chi connectivity index (χ0v) is 9.38. The molecular weight excluding hydrogens is 200 g/mol. The Hall–Kier alpha value is -0.260. The van der Waals surface area contributed by atoms with E-state index in [4.69, 9.17) is 10.8 Å². The number of thioether (sulfide) groups is 1. The van der Waals surface area contributed by atoms with Crippen LogP contribution < -0.4 is 11.1 Å². The Morgan fingerprint density at radius 1 is 1.71 bits per heavy atom. The molecule has 3 unspecified atom stereocenters. The highest BCUT2D eigenvalue weighted by Crippen LogP contribution is 2.26. The molecule has 0 aromatic heterocycles. The minimum absolute atomic E-state index is 0.146. The van der Waals surface area contributed by atoms with Gasteiger partial charge in [-0.1, -0.05) is 13.8 Å². The summed E-state index contributed by atoms with van der Waals surface area (Å²) in [6.45, 7) is 4.72. The summed E-state index contributed by atoms with van der Waals surface area (Å²) in [5.41, 5.74) is 5.92. The van der Waals surface area contributed by atoms with Crippen LogP contribution in [0.1, 0.15) is 20.3 Å². The largest absolute Gasteiger partial charge is 0.480 e. The Bertz CT molecular complexity index is 211. The Morgan fingerprint density at radius 3 is 2.79 bits per heavy atom. The van der Waals surface area contributed by atoms with Gasteiger partial charge in [-0.3, -0.25) is 4.79 Å². The van der Waals surface area contributed by atoms with Crippen LogP contribution in [0.2, 0.25) is 0 Å². The van der Waals surface area contributed by atoms with Crippen molar-refractivity contribution in [2.75, 3.05) is 6.54 Å². The molecule has 1 rings (SSSR count). The van der Waals surface area contributed by atoms with Crippen LogP contribution in [0.5, 0.6) is 0 Å². The fourth-order valence-corrected chi connectivity index (χ4v) is 2.57. The van der Waals surface area contributed by atoms with Crippen molar-refractivity contribution in [2.24, 2.45) is 11.7 Å². The van der Waals surface area contributed by atoms with Crippen molar-refractivity contribution < 1.29 is 9.90 Å². The summed E-state index contributed by atoms with van der Waals surface area (Å²) >= 11 is 1.47. The van der Waals surface area contributed by atoms with E-state index in [2.05, 4.69) is 19.2 Å². The highest BCUT2D eigenvalue weighted by molar-refractivity contribution is 8.01. The van der Waals surface area contributed by atoms with Crippen LogP contribution in [-0.4, -0.2) is 34.3 Å². The topological polar surface area (TPSA) is 75.3 Å². The molecule has 3 atom stereocenters. The quantitative estimate of drug-likeness (QED) is 0.640. The first-order valence-electron chi connectivity index (χ1n) is 4.88. The number of nitrogens with two attached hydrogens (primary N) is 1. The summed E-state index contributed by atoms with van der Waals surface area (Å²) in [4.78, 5) is 10.7. The third-order valence-corrected chi connectivity index (χ3v) is 3.86. The molecule has 4 N–H and O–H groups in total. The molecule has 14 heavy (non-hydrogen) atoms. The minimum atomic E-state index is -0.733. The number of rotatable bonds is 4. The first kappa shape index (κ1) is 11.8. The highest BCUT2D eigenvalue weighted by atomic mass is 32.2. The molecule has 0 bridgehead atoms. The van der Waals surface area contributed by atoms with Gasteiger partial charge in [-0.05, 0) is 12.3 Å². The maximum Gasteiger partial charge on any atom is 0.317 e. The standard InChI is InChI=1S/C9H18N2O2S/c1-5(2)6(10)3-8-11-4-7(14-8)9(12)13/h5-8,11H,3-4,10H2,1-2H3,(H,12,13). The Balaban J connectivity index is 2.32. The summed E-state index contributed by atoms with van der Waals surface area (Å²) < 4.78 is 0. The third-order valence-electron chi connectivity index (χ3n) is 2.48. The van der Waals surface area contributed by atoms with Crippen LogP contribution in [-0.2, 0) is 4.79 Å². The molecule has 0 saturated carbocycles. The molecule has 1 aliphatic rings. The lowest BCUT2D eigenvalue weighted by atomic mass is 10.0. The molecule has 0 radical (unpaired) electrons. The highest BCUT2D eigenvalue weighted by Gasteiger charge is 2.31. The molecule has 4 nitrogen and oxygen atoms in total. The lowest BCUT2D eigenvalue weighted by molar-refractivity contribution is -0.136. The third kappa shape index (κ3) is 3.15. The molecule has 0 aromatic carbocycles. The van der Waals surface area contributed by atoms with E-state index in [9.17, 15) is 4.79 Å². The van der Waals surface area contributed by atoms with Crippen molar-refractivity contribution in [3.63, 3.8) is 0 Å². The first-order valence-corrected chi connectivity index (χ1v) is 5.82. The van der Waals surface area contributed by atoms with E-state index in [0.717, 1.165) is 6.42 Å². The van der Waals surface area contributed by atoms with Crippen LogP contribution >= 0.6 is 11.8 Å². The normalized spacial score (nSPS) is 29.4. The van der Waals surface area contributed by atoms with E-state index in [0.29, 0.717) is 12.5 Å². The predicted molar refractivity (Wildman–Crippen MR) is 58.2 cm³/mol. The second-order valence-electron chi connectivity index (χ2n) is 4.00. The zero-order valence-electron chi connectivity index (χ0n) is 8.56. The Kier molecular flexibility index (Phi) is 4.22. The summed E-state index contributed by atoms with van der Waals surface area (Å²) in [6, 6.07) is 0.146. The number of carbonyl (C=O) groups is 1. The van der Waals surface area contributed by atoms with E-state index < -0.39 is 5.97 Å². The van der Waals surface area contributed by atoms with Gasteiger partial charge in [0.25, 0.3) is 0 Å². The van der Waals surface area contributed by atoms with Crippen LogP contribution in [0.15, 0.2) is 0 Å². The Labute approximate surface area is 88.6 Å². The fraction of sp³-hybridized carbons (Fsp3) is 0.889. The monoisotopic (exact) mass is 218 g/mol. The fourth-order valence-electron chi connectivity index (χ4n) is 1.34. The van der Waals surface area contributed by atoms with Gasteiger partial charge in [0.15, 0.2) is 0 Å². The molecule has 82 valence electrons. The van der Waals surface area contributed by atoms with Crippen LogP contribution in [0.3, 0.4) is 0 Å². The number of carboxylic acids is 1. The van der Waals surface area contributed by atoms with Gasteiger partial charge < -0.3 is 16.2 Å². The van der Waals surface area contributed by atoms with Crippen molar-refractivity contribution in [3.8, 4) is 0 Å². The molecule has 0 aromatic rings. The second kappa shape index (κ2) is 5.00. The predicted octanol–water partition coefficient (Wildman–Crippen LogP) is 0.476. The van der Waals surface area contributed by atoms with E-state index in [-0.39, 0.29) is 16.7 Å². The summed E-state index contributed by atoms with van der Waals surface area (Å²) in [6.07, 6.45) is 0.839. The molecule has 0 aliphatic carbocycles. The molecule has 0 amide bonds. The van der Waals surface area contributed by atoms with Crippen molar-refractivity contribution >= 4 is 17.7 Å². The first-order chi connectivity index (χ1) is 6.50. The SMILES string of the molecule is CC(C)C(N)CC1NCC(C(=O)O)S1. The van der Waals surface area contributed by atoms with Gasteiger partial charge in [0.05, 0.1) is 5.37 Å². The molecule has 1 heterocycles. The molecule has 1 aliphatic heterocycles. The average molecular weight is 218 g/mol. The van der Waals surface area contributed by atoms with Crippen molar-refractivity contribution in [3.05, 3.63) is 0 Å². The number of hydrogen-bond acceptors (Lipinski definition) is 4. The molecular formula is C9H18N2O2S. The molecule has 1 fully saturated rings. The van der Waals surface area contributed by atoms with Crippen LogP contribution in [0.25, 0.3) is 0 Å². The Morgan fingerprint density at radius 2 is 2.36 bits per heavy atom. The van der Waals surface area contributed by atoms with E-state index >= 15 is 0 Å².